The molecule has 2 aliphatic heterocycles. The molecule has 0 saturated heterocycles. The number of aliphatic imine (C=N–C) groups is 2. The molecule has 0 fully saturated rings. The van der Waals surface area contributed by atoms with Crippen LogP contribution in [0.2, 0.25) is 0 Å². The van der Waals surface area contributed by atoms with Crippen molar-refractivity contribution < 1.29 is 23.5 Å². The molecule has 3 aromatic carbocycles. The van der Waals surface area contributed by atoms with Gasteiger partial charge in [0.2, 0.25) is 11.8 Å². The number of thioether (sulfide) groups is 1. The van der Waals surface area contributed by atoms with E-state index in [0.717, 1.165) is 23.1 Å². The third kappa shape index (κ3) is 6.20. The summed E-state index contributed by atoms with van der Waals surface area (Å²) in [6.45, 7) is 0.364. The van der Waals surface area contributed by atoms with Crippen molar-refractivity contribution in [3.8, 4) is 5.75 Å². The van der Waals surface area contributed by atoms with Crippen molar-refractivity contribution in [3.63, 3.8) is 0 Å². The fourth-order valence-corrected chi connectivity index (χ4v) is 5.05. The molecule has 2 aliphatic rings. The average Bonchev–Trinajstić information content (AvgIpc) is 3.31. The van der Waals surface area contributed by atoms with Gasteiger partial charge in [-0.15, -0.1) is 0 Å². The number of methoxy groups -OCH3 is 1. The number of fused-ring (bicyclic) bond motifs is 3. The van der Waals surface area contributed by atoms with Crippen LogP contribution < -0.4 is 15.4 Å². The van der Waals surface area contributed by atoms with Crippen LogP contribution in [0.5, 0.6) is 5.75 Å². The number of rotatable bonds is 9. The summed E-state index contributed by atoms with van der Waals surface area (Å²) in [5, 5.41) is 5.91. The molecule has 9 nitrogen and oxygen atoms in total. The Bertz CT molecular complexity index is 1490. The lowest BCUT2D eigenvalue weighted by molar-refractivity contribution is -0.125. The maximum atomic E-state index is 13.4. The maximum absolute atomic E-state index is 13.4. The Morgan fingerprint density at radius 3 is 2.52 bits per heavy atom. The van der Waals surface area contributed by atoms with Gasteiger partial charge in [-0.25, -0.2) is 14.3 Å². The molecular formula is C29H26FN5O4S. The van der Waals surface area contributed by atoms with Crippen LogP contribution in [0.25, 0.3) is 0 Å². The first-order chi connectivity index (χ1) is 19.4. The molecule has 0 bridgehead atoms. The van der Waals surface area contributed by atoms with E-state index in [1.807, 2.05) is 48.5 Å². The predicted molar refractivity (Wildman–Crippen MR) is 152 cm³/mol. The lowest BCUT2D eigenvalue weighted by Crippen LogP contribution is -2.41. The number of hydrogen-bond acceptors (Lipinski definition) is 7. The summed E-state index contributed by atoms with van der Waals surface area (Å²) in [6.07, 6.45) is 0.358. The molecule has 5 rings (SSSR count). The Morgan fingerprint density at radius 1 is 1.02 bits per heavy atom. The van der Waals surface area contributed by atoms with Gasteiger partial charge in [0.25, 0.3) is 5.91 Å². The molecule has 1 atom stereocenters. The van der Waals surface area contributed by atoms with Crippen molar-refractivity contribution in [1.82, 2.24) is 10.2 Å². The minimum atomic E-state index is -0.744. The summed E-state index contributed by atoms with van der Waals surface area (Å²) in [7, 11) is 1.59. The van der Waals surface area contributed by atoms with Crippen molar-refractivity contribution in [1.29, 1.82) is 0 Å². The largest absolute Gasteiger partial charge is 0.497 e. The second kappa shape index (κ2) is 12.1. The first kappa shape index (κ1) is 27.1. The molecule has 0 aromatic heterocycles. The molecule has 40 heavy (non-hydrogen) atoms. The Morgan fingerprint density at radius 2 is 1.77 bits per heavy atom. The van der Waals surface area contributed by atoms with Crippen LogP contribution in [-0.2, 0) is 20.9 Å². The van der Waals surface area contributed by atoms with Crippen LogP contribution in [0.3, 0.4) is 0 Å². The standard InChI is InChI=1S/C29H26FN5O4S/c1-39-21-12-6-18(7-13-21)16-31-25(36)15-14-24-28(38)35-27(33-24)22-4-2-3-5-23(22)34-29(35)40-17-26(37)32-20-10-8-19(30)9-11-20/h2-13,24H,14-17H2,1H3,(H,31,36)(H,32,37)/t24-/m0/s1. The van der Waals surface area contributed by atoms with Gasteiger partial charge in [-0.05, 0) is 60.5 Å². The fourth-order valence-electron chi connectivity index (χ4n) is 4.25. The molecule has 2 N–H and O–H groups in total. The summed E-state index contributed by atoms with van der Waals surface area (Å²) < 4.78 is 18.3. The minimum Gasteiger partial charge on any atom is -0.497 e. The molecule has 11 heteroatoms. The van der Waals surface area contributed by atoms with E-state index in [9.17, 15) is 18.8 Å². The van der Waals surface area contributed by atoms with Crippen LogP contribution in [0, 0.1) is 5.82 Å². The normalized spacial score (nSPS) is 15.5. The summed E-state index contributed by atoms with van der Waals surface area (Å²) in [6, 6.07) is 19.5. The van der Waals surface area contributed by atoms with E-state index in [2.05, 4.69) is 20.6 Å². The number of hydrogen-bond donors (Lipinski definition) is 2. The average molecular weight is 560 g/mol. The van der Waals surface area contributed by atoms with Gasteiger partial charge < -0.3 is 15.4 Å². The van der Waals surface area contributed by atoms with E-state index in [0.29, 0.717) is 34.5 Å². The third-order valence-corrected chi connectivity index (χ3v) is 7.24. The van der Waals surface area contributed by atoms with Gasteiger partial charge in [-0.2, -0.15) is 0 Å². The molecule has 0 radical (unpaired) electrons. The number of halogens is 1. The van der Waals surface area contributed by atoms with Gasteiger partial charge in [-0.3, -0.25) is 19.4 Å². The first-order valence-electron chi connectivity index (χ1n) is 12.6. The highest BCUT2D eigenvalue weighted by molar-refractivity contribution is 8.14. The monoisotopic (exact) mass is 559 g/mol. The maximum Gasteiger partial charge on any atom is 0.259 e. The summed E-state index contributed by atoms with van der Waals surface area (Å²) in [4.78, 5) is 49.2. The lowest BCUT2D eigenvalue weighted by atomic mass is 10.1. The van der Waals surface area contributed by atoms with Crippen molar-refractivity contribution in [3.05, 3.63) is 89.7 Å². The van der Waals surface area contributed by atoms with Gasteiger partial charge in [0.05, 0.1) is 18.6 Å². The zero-order chi connectivity index (χ0) is 28.1. The van der Waals surface area contributed by atoms with Crippen molar-refractivity contribution in [2.75, 3.05) is 18.2 Å². The Balaban J connectivity index is 1.22. The van der Waals surface area contributed by atoms with E-state index in [1.165, 1.54) is 29.2 Å². The molecule has 3 aromatic rings. The van der Waals surface area contributed by atoms with Crippen LogP contribution in [-0.4, -0.2) is 52.5 Å². The van der Waals surface area contributed by atoms with Crippen molar-refractivity contribution >= 4 is 51.9 Å². The fraction of sp³-hybridized carbons (Fsp3) is 0.207. The van der Waals surface area contributed by atoms with Crippen LogP contribution in [0.1, 0.15) is 24.0 Å². The highest BCUT2D eigenvalue weighted by atomic mass is 32.2. The number of para-hydroxylation sites is 1. The van der Waals surface area contributed by atoms with Crippen molar-refractivity contribution in [2.45, 2.75) is 25.4 Å². The number of ether oxygens (including phenoxy) is 1. The van der Waals surface area contributed by atoms with Gasteiger partial charge in [0, 0.05) is 24.2 Å². The zero-order valence-corrected chi connectivity index (χ0v) is 22.4. The van der Waals surface area contributed by atoms with Crippen molar-refractivity contribution in [2.24, 2.45) is 9.98 Å². The summed E-state index contributed by atoms with van der Waals surface area (Å²) in [5.41, 5.74) is 2.75. The molecule has 3 amide bonds. The Labute approximate surface area is 234 Å². The molecular weight excluding hydrogens is 533 g/mol. The minimum absolute atomic E-state index is 0.0200. The smallest absolute Gasteiger partial charge is 0.259 e. The molecule has 204 valence electrons. The number of nitrogens with one attached hydrogen (secondary N) is 2. The number of carbonyl (C=O) groups excluding carboxylic acids is 3. The predicted octanol–water partition coefficient (Wildman–Crippen LogP) is 4.26. The highest BCUT2D eigenvalue weighted by Gasteiger charge is 2.41. The van der Waals surface area contributed by atoms with Crippen LogP contribution in [0.4, 0.5) is 15.8 Å². The molecule has 0 saturated carbocycles. The van der Waals surface area contributed by atoms with Crippen LogP contribution in [0.15, 0.2) is 82.8 Å². The quantitative estimate of drug-likeness (QED) is 0.407. The van der Waals surface area contributed by atoms with Gasteiger partial charge >= 0.3 is 0 Å². The summed E-state index contributed by atoms with van der Waals surface area (Å²) >= 11 is 1.11. The van der Waals surface area contributed by atoms with Gasteiger partial charge in [0.1, 0.15) is 23.4 Å². The molecule has 0 unspecified atom stereocenters. The topological polar surface area (TPSA) is 112 Å². The van der Waals surface area contributed by atoms with Gasteiger partial charge in [0.15, 0.2) is 5.17 Å². The van der Waals surface area contributed by atoms with Crippen LogP contribution >= 0.6 is 11.8 Å². The molecule has 2 heterocycles. The van der Waals surface area contributed by atoms with E-state index >= 15 is 0 Å². The number of benzene rings is 3. The highest BCUT2D eigenvalue weighted by Crippen LogP contribution is 2.34. The number of anilines is 1. The lowest BCUT2D eigenvalue weighted by Gasteiger charge is -2.25. The van der Waals surface area contributed by atoms with E-state index < -0.39 is 11.9 Å². The first-order valence-corrected chi connectivity index (χ1v) is 13.6. The van der Waals surface area contributed by atoms with E-state index in [1.54, 1.807) is 7.11 Å². The zero-order valence-electron chi connectivity index (χ0n) is 21.6. The van der Waals surface area contributed by atoms with E-state index in [4.69, 9.17) is 4.74 Å². The van der Waals surface area contributed by atoms with E-state index in [-0.39, 0.29) is 36.3 Å². The SMILES string of the molecule is COc1ccc(CNC(=O)CC[C@@H]2N=C3c4ccccc4N=C(SCC(=O)Nc4ccc(F)cc4)N3C2=O)cc1. The Kier molecular flexibility index (Phi) is 8.20. The third-order valence-electron chi connectivity index (χ3n) is 6.30. The second-order valence-corrected chi connectivity index (χ2v) is 10.0. The number of carbonyl (C=O) groups is 3. The molecule has 0 aliphatic carbocycles. The van der Waals surface area contributed by atoms with Gasteiger partial charge in [-0.1, -0.05) is 36.0 Å². The number of amides is 3. The second-order valence-electron chi connectivity index (χ2n) is 9.06. The molecule has 0 spiro atoms. The summed E-state index contributed by atoms with van der Waals surface area (Å²) in [5.74, 6) is -0.0252. The number of amidine groups is 2. The number of nitrogens with zero attached hydrogens (tertiary/aromatic N) is 3. The Hall–Kier alpha value is -4.51.